The van der Waals surface area contributed by atoms with Crippen molar-refractivity contribution < 1.29 is 24.6 Å². The van der Waals surface area contributed by atoms with E-state index in [4.69, 9.17) is 4.84 Å². The average molecular weight is 593 g/mol. The molecule has 0 radical (unpaired) electrons. The third kappa shape index (κ3) is 6.51. The van der Waals surface area contributed by atoms with Crippen LogP contribution in [0.15, 0.2) is 48.5 Å². The Kier molecular flexibility index (Phi) is 9.30. The number of anilines is 1. The molecule has 4 aliphatic rings. The molecule has 6 rings (SSSR count). The lowest BCUT2D eigenvalue weighted by Gasteiger charge is -2.62. The van der Waals surface area contributed by atoms with Crippen LogP contribution in [-0.2, 0) is 21.0 Å². The summed E-state index contributed by atoms with van der Waals surface area (Å²) in [7, 11) is 3.71. The fourth-order valence-electron chi connectivity index (χ4n) is 7.75. The second-order valence-corrected chi connectivity index (χ2v) is 13.8. The second kappa shape index (κ2) is 12.7. The molecule has 9 nitrogen and oxygen atoms in total. The van der Waals surface area contributed by atoms with Crippen molar-refractivity contribution in [2.75, 3.05) is 32.6 Å². The third-order valence-electron chi connectivity index (χ3n) is 10.3. The van der Waals surface area contributed by atoms with Crippen LogP contribution in [0.1, 0.15) is 46.1 Å². The maximum absolute atomic E-state index is 13.9. The van der Waals surface area contributed by atoms with E-state index in [0.29, 0.717) is 36.3 Å². The maximum Gasteiger partial charge on any atom is 0.240 e. The highest BCUT2D eigenvalue weighted by atomic mass is 16.7. The number of aliphatic hydroxyl groups is 2. The number of benzene rings is 2. The first-order valence-electron chi connectivity index (χ1n) is 15.6. The predicted octanol–water partition coefficient (Wildman–Crippen LogP) is 3.51. The molecule has 4 fully saturated rings. The molecule has 2 bridgehead atoms. The first-order valence-corrected chi connectivity index (χ1v) is 15.6. The minimum Gasteiger partial charge on any atom is -0.394 e. The van der Waals surface area contributed by atoms with Crippen molar-refractivity contribution >= 4 is 17.5 Å². The Bertz CT molecular complexity index is 1300. The topological polar surface area (TPSA) is 114 Å². The molecule has 234 valence electrons. The zero-order valence-electron chi connectivity index (χ0n) is 26.3. The van der Waals surface area contributed by atoms with Gasteiger partial charge in [0.25, 0.3) is 0 Å². The van der Waals surface area contributed by atoms with Gasteiger partial charge in [0.1, 0.15) is 12.1 Å². The van der Waals surface area contributed by atoms with Gasteiger partial charge in [-0.25, -0.2) is 0 Å². The van der Waals surface area contributed by atoms with E-state index in [1.807, 2.05) is 61.5 Å². The zero-order valence-corrected chi connectivity index (χ0v) is 26.3. The number of fused-ring (bicyclic) bond motifs is 2. The molecule has 1 heterocycles. The van der Waals surface area contributed by atoms with Crippen molar-refractivity contribution in [2.45, 2.75) is 71.4 Å². The van der Waals surface area contributed by atoms with E-state index in [1.54, 1.807) is 12.0 Å². The van der Waals surface area contributed by atoms with Crippen LogP contribution in [0.5, 0.6) is 0 Å². The number of hydrogen-bond donors (Lipinski definition) is 4. The molecular formula is C34H48N4O5. The normalized spacial score (nSPS) is 30.5. The Labute approximate surface area is 255 Å². The van der Waals surface area contributed by atoms with Gasteiger partial charge in [-0.1, -0.05) is 51.1 Å². The van der Waals surface area contributed by atoms with Gasteiger partial charge in [-0.05, 0) is 91.9 Å². The predicted molar refractivity (Wildman–Crippen MR) is 167 cm³/mol. The van der Waals surface area contributed by atoms with Crippen molar-refractivity contribution in [2.24, 2.45) is 29.1 Å². The van der Waals surface area contributed by atoms with Gasteiger partial charge in [-0.15, -0.1) is 0 Å². The number of nitrogens with zero attached hydrogens (tertiary/aromatic N) is 2. The van der Waals surface area contributed by atoms with Crippen LogP contribution in [0.2, 0.25) is 0 Å². The number of amides is 2. The van der Waals surface area contributed by atoms with Crippen LogP contribution < -0.4 is 10.6 Å². The van der Waals surface area contributed by atoms with E-state index in [1.165, 1.54) is 6.42 Å². The van der Waals surface area contributed by atoms with Crippen LogP contribution in [0.25, 0.3) is 11.1 Å². The summed E-state index contributed by atoms with van der Waals surface area (Å²) in [5.74, 6) is 0.797. The van der Waals surface area contributed by atoms with Crippen LogP contribution in [0, 0.1) is 29.1 Å². The Morgan fingerprint density at radius 3 is 2.44 bits per heavy atom. The Morgan fingerprint density at radius 2 is 1.84 bits per heavy atom. The van der Waals surface area contributed by atoms with Crippen LogP contribution in [-0.4, -0.2) is 83.5 Å². The molecule has 2 unspecified atom stereocenters. The Balaban J connectivity index is 1.31. The van der Waals surface area contributed by atoms with E-state index in [9.17, 15) is 19.8 Å². The minimum atomic E-state index is -0.836. The standard InChI is InChI=1S/C34H48N4O5/c1-20-27-15-25(34(27,3)4)16-28(20)36-33(42)32-31(21(2)40)29(19-39)43-38(32)17-22-8-7-9-24(14-22)23-10-12-26(13-11-23)35-30(41)18-37(5)6/h7-14,20-21,25,27-29,31-32,39-40H,15-19H2,1-6H3,(H,35,41)(H,36,42)/t20?,21-,25+,27-,28-,29?,31+,32-/m0/s1. The quantitative estimate of drug-likeness (QED) is 0.334. The highest BCUT2D eigenvalue weighted by Crippen LogP contribution is 2.61. The van der Waals surface area contributed by atoms with Gasteiger partial charge >= 0.3 is 0 Å². The lowest BCUT2D eigenvalue weighted by atomic mass is 9.45. The first kappa shape index (κ1) is 31.6. The van der Waals surface area contributed by atoms with E-state index in [-0.39, 0.29) is 24.5 Å². The van der Waals surface area contributed by atoms with E-state index in [2.05, 4.69) is 37.5 Å². The molecule has 1 saturated heterocycles. The number of aliphatic hydroxyl groups excluding tert-OH is 2. The van der Waals surface area contributed by atoms with E-state index >= 15 is 0 Å². The molecule has 0 aromatic heterocycles. The SMILES string of the molecule is CC1[C@@H](NC(=O)[C@@H]2[C@H]([C@H](C)O)C(CO)ON2Cc2cccc(-c3ccc(NC(=O)CN(C)C)cc3)c2)C[C@H]2C[C@@H]1C2(C)C. The molecule has 0 spiro atoms. The molecule has 2 aromatic rings. The van der Waals surface area contributed by atoms with Crippen molar-refractivity contribution in [3.63, 3.8) is 0 Å². The van der Waals surface area contributed by atoms with Gasteiger partial charge in [-0.2, -0.15) is 5.06 Å². The lowest BCUT2D eigenvalue weighted by molar-refractivity contribution is -0.183. The highest BCUT2D eigenvalue weighted by molar-refractivity contribution is 5.92. The number of carbonyl (C=O) groups excluding carboxylic acids is 2. The van der Waals surface area contributed by atoms with Gasteiger partial charge in [0, 0.05) is 17.6 Å². The Hall–Kier alpha value is -2.82. The zero-order chi connectivity index (χ0) is 31.1. The van der Waals surface area contributed by atoms with Crippen molar-refractivity contribution in [3.05, 3.63) is 54.1 Å². The van der Waals surface area contributed by atoms with Gasteiger partial charge in [-0.3, -0.25) is 14.4 Å². The molecule has 43 heavy (non-hydrogen) atoms. The summed E-state index contributed by atoms with van der Waals surface area (Å²) < 4.78 is 0. The fourth-order valence-corrected chi connectivity index (χ4v) is 7.75. The van der Waals surface area contributed by atoms with Crippen LogP contribution in [0.3, 0.4) is 0 Å². The fraction of sp³-hybridized carbons (Fsp3) is 0.588. The van der Waals surface area contributed by atoms with Crippen molar-refractivity contribution in [3.8, 4) is 11.1 Å². The minimum absolute atomic E-state index is 0.0702. The largest absolute Gasteiger partial charge is 0.394 e. The summed E-state index contributed by atoms with van der Waals surface area (Å²) in [4.78, 5) is 34.0. The van der Waals surface area contributed by atoms with Gasteiger partial charge < -0.3 is 25.7 Å². The number of carbonyl (C=O) groups is 2. The highest BCUT2D eigenvalue weighted by Gasteiger charge is 2.57. The molecule has 1 aliphatic heterocycles. The molecule has 2 amide bonds. The number of likely N-dealkylation sites (N-methyl/N-ethyl adjacent to an activating group) is 1. The average Bonchev–Trinajstić information content (AvgIpc) is 3.32. The number of nitrogens with one attached hydrogen (secondary N) is 2. The van der Waals surface area contributed by atoms with Gasteiger partial charge in [0.2, 0.25) is 11.8 Å². The summed E-state index contributed by atoms with van der Waals surface area (Å²) in [6, 6.07) is 15.1. The first-order chi connectivity index (χ1) is 20.4. The van der Waals surface area contributed by atoms with E-state index in [0.717, 1.165) is 28.8 Å². The summed E-state index contributed by atoms with van der Waals surface area (Å²) in [6.07, 6.45) is 0.682. The number of hydroxylamine groups is 2. The van der Waals surface area contributed by atoms with Gasteiger partial charge in [0.15, 0.2) is 0 Å². The number of hydrogen-bond acceptors (Lipinski definition) is 7. The summed E-state index contributed by atoms with van der Waals surface area (Å²) >= 11 is 0. The number of rotatable bonds is 10. The van der Waals surface area contributed by atoms with Crippen LogP contribution >= 0.6 is 0 Å². The van der Waals surface area contributed by atoms with E-state index < -0.39 is 24.2 Å². The third-order valence-corrected chi connectivity index (χ3v) is 10.3. The molecule has 3 aliphatic carbocycles. The van der Waals surface area contributed by atoms with Crippen molar-refractivity contribution in [1.82, 2.24) is 15.3 Å². The molecule has 8 atom stereocenters. The monoisotopic (exact) mass is 592 g/mol. The van der Waals surface area contributed by atoms with Gasteiger partial charge in [0.05, 0.1) is 25.8 Å². The molecule has 3 saturated carbocycles. The lowest BCUT2D eigenvalue weighted by Crippen LogP contribution is -2.62. The second-order valence-electron chi connectivity index (χ2n) is 13.8. The van der Waals surface area contributed by atoms with Crippen LogP contribution in [0.4, 0.5) is 5.69 Å². The molecule has 4 N–H and O–H groups in total. The molecular weight excluding hydrogens is 544 g/mol. The van der Waals surface area contributed by atoms with Crippen molar-refractivity contribution in [1.29, 1.82) is 0 Å². The maximum atomic E-state index is 13.9. The smallest absolute Gasteiger partial charge is 0.240 e. The summed E-state index contributed by atoms with van der Waals surface area (Å²) in [5.41, 5.74) is 3.98. The Morgan fingerprint density at radius 1 is 1.12 bits per heavy atom. The molecule has 2 aromatic carbocycles. The molecule has 9 heteroatoms. The summed E-state index contributed by atoms with van der Waals surface area (Å²) in [5, 5.41) is 28.7. The summed E-state index contributed by atoms with van der Waals surface area (Å²) in [6.45, 7) is 8.94.